The molecule has 5 nitrogen and oxygen atoms in total. The highest BCUT2D eigenvalue weighted by Crippen LogP contribution is 2.23. The van der Waals surface area contributed by atoms with Crippen LogP contribution in [0.2, 0.25) is 0 Å². The summed E-state index contributed by atoms with van der Waals surface area (Å²) in [6.45, 7) is 0.363. The second kappa shape index (κ2) is 6.33. The van der Waals surface area contributed by atoms with Crippen LogP contribution in [-0.4, -0.2) is 16.0 Å². The number of hydrogen-bond acceptors (Lipinski definition) is 4. The molecule has 0 radical (unpaired) electrons. The molecule has 0 bridgehead atoms. The Morgan fingerprint density at radius 3 is 3.00 bits per heavy atom. The average Bonchev–Trinajstić information content (AvgIpc) is 2.47. The Kier molecular flexibility index (Phi) is 4.52. The smallest absolute Gasteiger partial charge is 0.189 e. The minimum Gasteiger partial charge on any atom is -0.409 e. The topological polar surface area (TPSA) is 83.5 Å². The number of nitrogens with two attached hydrogens (primary N) is 1. The maximum atomic E-state index is 13.2. The third-order valence-corrected chi connectivity index (χ3v) is 3.33. The van der Waals surface area contributed by atoms with Gasteiger partial charge in [-0.25, -0.2) is 4.39 Å². The van der Waals surface area contributed by atoms with Crippen LogP contribution in [-0.2, 0) is 6.54 Å². The van der Waals surface area contributed by atoms with Gasteiger partial charge in [0.15, 0.2) is 5.84 Å². The summed E-state index contributed by atoms with van der Waals surface area (Å²) in [6, 6.07) is 7.89. The number of oxime groups is 1. The molecule has 7 heteroatoms. The summed E-state index contributed by atoms with van der Waals surface area (Å²) < 4.78 is 13.9. The van der Waals surface area contributed by atoms with Crippen LogP contribution in [0.1, 0.15) is 11.3 Å². The van der Waals surface area contributed by atoms with Crippen molar-refractivity contribution in [2.75, 3.05) is 5.32 Å². The standard InChI is InChI=1S/C13H12BrFN4O/c14-10-4-3-9(15)6-11(10)18-7-8-2-1-5-17-12(8)13(16)19-20/h1-6,18,20H,7H2,(H2,16,19). The van der Waals surface area contributed by atoms with E-state index in [0.29, 0.717) is 17.9 Å². The monoisotopic (exact) mass is 338 g/mol. The highest BCUT2D eigenvalue weighted by molar-refractivity contribution is 9.10. The number of halogens is 2. The minimum absolute atomic E-state index is 0.0688. The summed E-state index contributed by atoms with van der Waals surface area (Å²) in [4.78, 5) is 4.06. The Hall–Kier alpha value is -2.15. The van der Waals surface area contributed by atoms with Gasteiger partial charge in [-0.1, -0.05) is 11.2 Å². The van der Waals surface area contributed by atoms with E-state index in [2.05, 4.69) is 31.4 Å². The molecular weight excluding hydrogens is 327 g/mol. The summed E-state index contributed by atoms with van der Waals surface area (Å²) >= 11 is 3.33. The molecule has 2 aromatic rings. The Labute approximate surface area is 123 Å². The van der Waals surface area contributed by atoms with Gasteiger partial charge in [0, 0.05) is 22.8 Å². The van der Waals surface area contributed by atoms with E-state index < -0.39 is 0 Å². The van der Waals surface area contributed by atoms with E-state index in [0.717, 1.165) is 10.0 Å². The van der Waals surface area contributed by atoms with Gasteiger partial charge in [0.25, 0.3) is 0 Å². The van der Waals surface area contributed by atoms with Crippen LogP contribution in [0.25, 0.3) is 0 Å². The van der Waals surface area contributed by atoms with Crippen LogP contribution in [0, 0.1) is 5.82 Å². The van der Waals surface area contributed by atoms with Gasteiger partial charge in [0.05, 0.1) is 5.69 Å². The van der Waals surface area contributed by atoms with Crippen molar-refractivity contribution in [3.05, 3.63) is 58.1 Å². The van der Waals surface area contributed by atoms with Crippen molar-refractivity contribution >= 4 is 27.5 Å². The molecular formula is C13H12BrFN4O. The number of hydrogen-bond donors (Lipinski definition) is 3. The number of nitrogens with zero attached hydrogens (tertiary/aromatic N) is 2. The average molecular weight is 339 g/mol. The molecule has 2 rings (SSSR count). The number of pyridine rings is 1. The highest BCUT2D eigenvalue weighted by Gasteiger charge is 2.09. The van der Waals surface area contributed by atoms with Gasteiger partial charge in [-0.3, -0.25) is 4.98 Å². The third-order valence-electron chi connectivity index (χ3n) is 2.64. The maximum Gasteiger partial charge on any atom is 0.189 e. The van der Waals surface area contributed by atoms with Crippen LogP contribution in [0.15, 0.2) is 46.2 Å². The van der Waals surface area contributed by atoms with Gasteiger partial charge in [-0.05, 0) is 40.2 Å². The first-order valence-electron chi connectivity index (χ1n) is 5.72. The molecule has 1 aromatic heterocycles. The van der Waals surface area contributed by atoms with Gasteiger partial charge >= 0.3 is 0 Å². The first kappa shape index (κ1) is 14.3. The van der Waals surface area contributed by atoms with Crippen LogP contribution in [0.4, 0.5) is 10.1 Å². The van der Waals surface area contributed by atoms with Crippen molar-refractivity contribution in [1.29, 1.82) is 0 Å². The van der Waals surface area contributed by atoms with Crippen molar-refractivity contribution in [3.8, 4) is 0 Å². The van der Waals surface area contributed by atoms with Crippen LogP contribution in [0.5, 0.6) is 0 Å². The van der Waals surface area contributed by atoms with E-state index in [-0.39, 0.29) is 11.7 Å². The van der Waals surface area contributed by atoms with Crippen LogP contribution < -0.4 is 11.1 Å². The number of benzene rings is 1. The van der Waals surface area contributed by atoms with E-state index in [1.165, 1.54) is 12.1 Å². The fourth-order valence-electron chi connectivity index (χ4n) is 1.68. The number of aromatic nitrogens is 1. The zero-order valence-corrected chi connectivity index (χ0v) is 11.9. The molecule has 0 amide bonds. The first-order chi connectivity index (χ1) is 9.61. The molecule has 0 aliphatic carbocycles. The SMILES string of the molecule is N/C(=N/O)c1ncccc1CNc1cc(F)ccc1Br. The van der Waals surface area contributed by atoms with E-state index in [1.807, 2.05) is 0 Å². The molecule has 0 aliphatic rings. The van der Waals surface area contributed by atoms with Gasteiger partial charge < -0.3 is 16.3 Å². The van der Waals surface area contributed by atoms with E-state index in [9.17, 15) is 4.39 Å². The van der Waals surface area contributed by atoms with E-state index >= 15 is 0 Å². The minimum atomic E-state index is -0.335. The van der Waals surface area contributed by atoms with Crippen molar-refractivity contribution < 1.29 is 9.60 Å². The van der Waals surface area contributed by atoms with Crippen molar-refractivity contribution in [1.82, 2.24) is 4.98 Å². The molecule has 0 saturated carbocycles. The molecule has 0 spiro atoms. The normalized spacial score (nSPS) is 11.4. The number of rotatable bonds is 4. The van der Waals surface area contributed by atoms with E-state index in [1.54, 1.807) is 24.4 Å². The van der Waals surface area contributed by atoms with Crippen molar-refractivity contribution in [2.24, 2.45) is 10.9 Å². The third kappa shape index (κ3) is 3.24. The second-order valence-corrected chi connectivity index (χ2v) is 4.83. The lowest BCUT2D eigenvalue weighted by molar-refractivity contribution is 0.318. The number of nitrogens with one attached hydrogen (secondary N) is 1. The summed E-state index contributed by atoms with van der Waals surface area (Å²) in [5.74, 6) is -0.403. The fourth-order valence-corrected chi connectivity index (χ4v) is 2.07. The lowest BCUT2D eigenvalue weighted by Gasteiger charge is -2.11. The molecule has 0 unspecified atom stereocenters. The predicted molar refractivity (Wildman–Crippen MR) is 78.2 cm³/mol. The molecule has 0 atom stereocenters. The van der Waals surface area contributed by atoms with Crippen molar-refractivity contribution in [2.45, 2.75) is 6.54 Å². The van der Waals surface area contributed by atoms with Crippen molar-refractivity contribution in [3.63, 3.8) is 0 Å². The van der Waals surface area contributed by atoms with Gasteiger partial charge in [0.1, 0.15) is 11.5 Å². The molecule has 1 aromatic carbocycles. The Morgan fingerprint density at radius 1 is 1.45 bits per heavy atom. The quantitative estimate of drug-likeness (QED) is 0.346. The molecule has 20 heavy (non-hydrogen) atoms. The summed E-state index contributed by atoms with van der Waals surface area (Å²) in [7, 11) is 0. The van der Waals surface area contributed by atoms with Gasteiger partial charge in [-0.15, -0.1) is 0 Å². The van der Waals surface area contributed by atoms with Gasteiger partial charge in [-0.2, -0.15) is 0 Å². The van der Waals surface area contributed by atoms with Crippen LogP contribution in [0.3, 0.4) is 0 Å². The summed E-state index contributed by atoms with van der Waals surface area (Å²) in [5, 5.41) is 14.7. The first-order valence-corrected chi connectivity index (χ1v) is 6.52. The summed E-state index contributed by atoms with van der Waals surface area (Å²) in [6.07, 6.45) is 1.55. The van der Waals surface area contributed by atoms with Crippen LogP contribution >= 0.6 is 15.9 Å². The largest absolute Gasteiger partial charge is 0.409 e. The Bertz CT molecular complexity index is 648. The molecule has 4 N–H and O–H groups in total. The zero-order chi connectivity index (χ0) is 14.5. The summed E-state index contributed by atoms with van der Waals surface area (Å²) in [5.41, 5.74) is 7.29. The Morgan fingerprint density at radius 2 is 2.25 bits per heavy atom. The highest BCUT2D eigenvalue weighted by atomic mass is 79.9. The predicted octanol–water partition coefficient (Wildman–Crippen LogP) is 2.69. The Balaban J connectivity index is 2.21. The molecule has 0 fully saturated rings. The lowest BCUT2D eigenvalue weighted by Crippen LogP contribution is -2.18. The zero-order valence-electron chi connectivity index (χ0n) is 10.3. The maximum absolute atomic E-state index is 13.2. The van der Waals surface area contributed by atoms with Gasteiger partial charge in [0.2, 0.25) is 0 Å². The molecule has 104 valence electrons. The molecule has 0 aliphatic heterocycles. The second-order valence-electron chi connectivity index (χ2n) is 3.97. The fraction of sp³-hybridized carbons (Fsp3) is 0.0769. The molecule has 0 saturated heterocycles. The number of amidine groups is 1. The lowest BCUT2D eigenvalue weighted by atomic mass is 10.1. The molecule has 1 heterocycles. The van der Waals surface area contributed by atoms with E-state index in [4.69, 9.17) is 10.9 Å². The number of anilines is 1.